The van der Waals surface area contributed by atoms with E-state index in [4.69, 9.17) is 9.72 Å². The Morgan fingerprint density at radius 3 is 1.95 bits per heavy atom. The second-order valence-electron chi connectivity index (χ2n) is 16.4. The fourth-order valence-corrected chi connectivity index (χ4v) is 9.59. The number of nitrogens with zero attached hydrogens (tertiary/aromatic N) is 4. The minimum absolute atomic E-state index is 0. The minimum atomic E-state index is -0.154. The van der Waals surface area contributed by atoms with Gasteiger partial charge in [-0.05, 0) is 62.2 Å². The maximum absolute atomic E-state index is 6.70. The van der Waals surface area contributed by atoms with Crippen molar-refractivity contribution in [2.45, 2.75) is 19.3 Å². The molecule has 304 valence electrons. The van der Waals surface area contributed by atoms with Crippen molar-refractivity contribution < 1.29 is 30.4 Å². The summed E-state index contributed by atoms with van der Waals surface area (Å²) in [4.78, 5) is 5.10. The summed E-state index contributed by atoms with van der Waals surface area (Å²) in [5.41, 5.74) is 15.1. The summed E-state index contributed by atoms with van der Waals surface area (Å²) in [6.07, 6.45) is 5.70. The van der Waals surface area contributed by atoms with Crippen molar-refractivity contribution in [1.82, 2.24) is 14.1 Å². The molecule has 1 aliphatic rings. The second kappa shape index (κ2) is 15.2. The number of benzene rings is 8. The number of pyridine rings is 1. The van der Waals surface area contributed by atoms with Crippen molar-refractivity contribution in [3.63, 3.8) is 0 Å². The summed E-state index contributed by atoms with van der Waals surface area (Å²) in [5, 5.41) is 2.22. The van der Waals surface area contributed by atoms with Gasteiger partial charge in [0.25, 0.3) is 6.33 Å². The van der Waals surface area contributed by atoms with E-state index >= 15 is 0 Å². The summed E-state index contributed by atoms with van der Waals surface area (Å²) in [6, 6.07) is 72.9. The van der Waals surface area contributed by atoms with E-state index < -0.39 is 0 Å². The number of aromatic nitrogens is 4. The first-order chi connectivity index (χ1) is 30.5. The zero-order valence-corrected chi connectivity index (χ0v) is 36.8. The molecule has 0 amide bonds. The molecule has 0 atom stereocenters. The van der Waals surface area contributed by atoms with Crippen LogP contribution in [0.5, 0.6) is 11.5 Å². The molecule has 3 heterocycles. The first-order valence-corrected chi connectivity index (χ1v) is 21.0. The second-order valence-corrected chi connectivity index (χ2v) is 16.4. The van der Waals surface area contributed by atoms with Crippen LogP contribution < -0.4 is 9.30 Å². The molecule has 0 aliphatic heterocycles. The third kappa shape index (κ3) is 6.18. The summed E-state index contributed by atoms with van der Waals surface area (Å²) in [7, 11) is 0. The van der Waals surface area contributed by atoms with E-state index in [0.29, 0.717) is 11.5 Å². The van der Waals surface area contributed by atoms with Gasteiger partial charge in [0.05, 0.1) is 16.7 Å². The van der Waals surface area contributed by atoms with Crippen LogP contribution in [-0.2, 0) is 26.5 Å². The minimum Gasteiger partial charge on any atom is -0.510 e. The SMILES string of the molecule is CC1(C)c2ccccc2-c2c1ccnc2-n1c2[c-]c(Oc3[c-]c(-n4[c-][n+](-c5c(-c6ccccc6)cccc5-c5ccccc5)c5ccccc54)ccc3)ccc2c2ccccc21.[Pt]. The molecule has 0 saturated heterocycles. The van der Waals surface area contributed by atoms with Crippen LogP contribution >= 0.6 is 0 Å². The van der Waals surface area contributed by atoms with Crippen molar-refractivity contribution in [2.24, 2.45) is 0 Å². The monoisotopic (exact) mass is 989 g/mol. The van der Waals surface area contributed by atoms with Gasteiger partial charge in [0.1, 0.15) is 5.82 Å². The maximum Gasteiger partial charge on any atom is 0.268 e. The average molecular weight is 990 g/mol. The molecule has 0 N–H and O–H groups in total. The van der Waals surface area contributed by atoms with Gasteiger partial charge in [-0.3, -0.25) is 4.57 Å². The van der Waals surface area contributed by atoms with Gasteiger partial charge in [-0.25, -0.2) is 4.98 Å². The van der Waals surface area contributed by atoms with Gasteiger partial charge in [0.2, 0.25) is 0 Å². The number of fused-ring (bicyclic) bond motifs is 7. The number of rotatable bonds is 7. The van der Waals surface area contributed by atoms with E-state index in [0.717, 1.165) is 77.8 Å². The first-order valence-electron chi connectivity index (χ1n) is 21.0. The van der Waals surface area contributed by atoms with Crippen LogP contribution in [-0.4, -0.2) is 14.1 Å². The Kier molecular flexibility index (Phi) is 9.33. The molecule has 0 spiro atoms. The zero-order chi connectivity index (χ0) is 41.4. The molecule has 12 rings (SSSR count). The Balaban J connectivity index is 0.00000444. The van der Waals surface area contributed by atoms with Crippen molar-refractivity contribution in [2.75, 3.05) is 0 Å². The molecule has 0 unspecified atom stereocenters. The molecule has 0 bridgehead atoms. The van der Waals surface area contributed by atoms with E-state index in [1.165, 1.54) is 16.7 Å². The number of ether oxygens (including phenoxy) is 1. The third-order valence-electron chi connectivity index (χ3n) is 12.4. The van der Waals surface area contributed by atoms with Crippen LogP contribution in [0.4, 0.5) is 0 Å². The van der Waals surface area contributed by atoms with Crippen LogP contribution in [0, 0.1) is 18.5 Å². The van der Waals surface area contributed by atoms with Gasteiger partial charge in [-0.15, -0.1) is 29.7 Å². The Hall–Kier alpha value is -7.33. The molecule has 6 heteroatoms. The van der Waals surface area contributed by atoms with Gasteiger partial charge in [-0.1, -0.05) is 165 Å². The quantitative estimate of drug-likeness (QED) is 0.118. The van der Waals surface area contributed by atoms with E-state index in [9.17, 15) is 0 Å². The Morgan fingerprint density at radius 2 is 1.17 bits per heavy atom. The predicted molar refractivity (Wildman–Crippen MR) is 248 cm³/mol. The smallest absolute Gasteiger partial charge is 0.268 e. The summed E-state index contributed by atoms with van der Waals surface area (Å²) < 4.78 is 13.2. The maximum atomic E-state index is 6.70. The van der Waals surface area contributed by atoms with Gasteiger partial charge in [0.15, 0.2) is 0 Å². The van der Waals surface area contributed by atoms with E-state index in [2.05, 4.69) is 210 Å². The van der Waals surface area contributed by atoms with Gasteiger partial charge >= 0.3 is 0 Å². The molecule has 1 aliphatic carbocycles. The Bertz CT molecular complexity index is 3470. The van der Waals surface area contributed by atoms with Crippen LogP contribution in [0.2, 0.25) is 0 Å². The number of imidazole rings is 1. The molecule has 0 radical (unpaired) electrons. The van der Waals surface area contributed by atoms with E-state index in [-0.39, 0.29) is 26.5 Å². The number of hydrogen-bond acceptors (Lipinski definition) is 2. The van der Waals surface area contributed by atoms with Crippen LogP contribution in [0.25, 0.3) is 83.4 Å². The average Bonchev–Trinajstić information content (AvgIpc) is 3.95. The van der Waals surface area contributed by atoms with Crippen molar-refractivity contribution >= 4 is 32.8 Å². The van der Waals surface area contributed by atoms with Gasteiger partial charge in [0, 0.05) is 55.3 Å². The first kappa shape index (κ1) is 38.6. The summed E-state index contributed by atoms with van der Waals surface area (Å²) >= 11 is 0. The molecule has 5 nitrogen and oxygen atoms in total. The fraction of sp³-hybridized carbons (Fsp3) is 0.0526. The Labute approximate surface area is 380 Å². The normalized spacial score (nSPS) is 12.6. The Morgan fingerprint density at radius 1 is 0.540 bits per heavy atom. The number of para-hydroxylation sites is 4. The molecule has 3 aromatic heterocycles. The largest absolute Gasteiger partial charge is 0.510 e. The molecule has 11 aromatic rings. The zero-order valence-electron chi connectivity index (χ0n) is 34.5. The standard InChI is InChI=1S/C57H38N4O.Pt/c1-57(2)48-27-11-9-24-47(48)54-49(57)33-34-58-56(54)61-50-28-12-10-23-45(50)46-32-31-42(36-53(46)61)62-41-22-15-21-40(35-41)59-37-60(52-30-14-13-29-51(52)59)55-43(38-17-5-3-6-18-38)25-16-26-44(55)39-19-7-4-8-20-39;/h3-34H,1-2H3;/q-2;. The topological polar surface area (TPSA) is 35.9 Å². The molecular weight excluding hydrogens is 952 g/mol. The van der Waals surface area contributed by atoms with Crippen molar-refractivity contribution in [1.29, 1.82) is 0 Å². The number of hydrogen-bond donors (Lipinski definition) is 0. The summed E-state index contributed by atoms with van der Waals surface area (Å²) in [5.74, 6) is 2.05. The molecule has 0 saturated carbocycles. The molecular formula is C57H38N4OPt-2. The fourth-order valence-electron chi connectivity index (χ4n) is 9.59. The van der Waals surface area contributed by atoms with Crippen molar-refractivity contribution in [3.05, 3.63) is 224 Å². The van der Waals surface area contributed by atoms with Crippen LogP contribution in [0.1, 0.15) is 25.0 Å². The van der Waals surface area contributed by atoms with Gasteiger partial charge in [-0.2, -0.15) is 18.2 Å². The van der Waals surface area contributed by atoms with Crippen molar-refractivity contribution in [3.8, 4) is 62.1 Å². The van der Waals surface area contributed by atoms with Crippen LogP contribution in [0.3, 0.4) is 0 Å². The summed E-state index contributed by atoms with van der Waals surface area (Å²) in [6.45, 7) is 4.60. The third-order valence-corrected chi connectivity index (χ3v) is 12.4. The van der Waals surface area contributed by atoms with E-state index in [1.54, 1.807) is 0 Å². The van der Waals surface area contributed by atoms with E-state index in [1.807, 2.05) is 30.5 Å². The predicted octanol–water partition coefficient (Wildman–Crippen LogP) is 13.2. The molecule has 0 fully saturated rings. The van der Waals surface area contributed by atoms with Crippen LogP contribution in [0.15, 0.2) is 194 Å². The molecule has 8 aromatic carbocycles. The van der Waals surface area contributed by atoms with Gasteiger partial charge < -0.3 is 13.9 Å². The molecule has 63 heavy (non-hydrogen) atoms.